The van der Waals surface area contributed by atoms with E-state index in [-0.39, 0.29) is 24.3 Å². The molecule has 3 atom stereocenters. The highest BCUT2D eigenvalue weighted by molar-refractivity contribution is 5.83. The Kier molecular flexibility index (Phi) is 6.50. The summed E-state index contributed by atoms with van der Waals surface area (Å²) in [5.41, 5.74) is 0. The van der Waals surface area contributed by atoms with Gasteiger partial charge in [-0.2, -0.15) is 0 Å². The number of hydrogen-bond donors (Lipinski definition) is 0. The molecule has 1 amide bonds. The predicted molar refractivity (Wildman–Crippen MR) is 79.1 cm³/mol. The van der Waals surface area contributed by atoms with Crippen LogP contribution in [0.1, 0.15) is 47.0 Å². The average Bonchev–Trinajstić information content (AvgIpc) is 2.37. The van der Waals surface area contributed by atoms with Crippen molar-refractivity contribution < 1.29 is 14.3 Å². The van der Waals surface area contributed by atoms with Gasteiger partial charge in [-0.3, -0.25) is 9.59 Å². The summed E-state index contributed by atoms with van der Waals surface area (Å²) in [6.45, 7) is 8.77. The highest BCUT2D eigenvalue weighted by atomic mass is 16.5. The Morgan fingerprint density at radius 3 is 2.50 bits per heavy atom. The van der Waals surface area contributed by atoms with Gasteiger partial charge >= 0.3 is 5.97 Å². The lowest BCUT2D eigenvalue weighted by Crippen LogP contribution is -2.43. The zero-order chi connectivity index (χ0) is 15.3. The topological polar surface area (TPSA) is 46.6 Å². The molecule has 1 fully saturated rings. The summed E-state index contributed by atoms with van der Waals surface area (Å²) < 4.78 is 4.91. The minimum Gasteiger partial charge on any atom is -0.465 e. The van der Waals surface area contributed by atoms with Crippen molar-refractivity contribution in [3.63, 3.8) is 0 Å². The molecule has 20 heavy (non-hydrogen) atoms. The van der Waals surface area contributed by atoms with Crippen LogP contribution in [0.3, 0.4) is 0 Å². The fourth-order valence-electron chi connectivity index (χ4n) is 3.25. The predicted octanol–water partition coefficient (Wildman–Crippen LogP) is 2.72. The molecule has 0 aromatic rings. The fraction of sp³-hybridized carbons (Fsp3) is 0.875. The summed E-state index contributed by atoms with van der Waals surface area (Å²) >= 11 is 0. The van der Waals surface area contributed by atoms with E-state index in [4.69, 9.17) is 4.74 Å². The SMILES string of the molecule is CCOC(=O)CN(C)C(=O)C1CC(C)CCC1C(C)C. The first-order valence-corrected chi connectivity index (χ1v) is 7.77. The number of carbonyl (C=O) groups excluding carboxylic acids is 2. The van der Waals surface area contributed by atoms with Crippen molar-refractivity contribution in [1.82, 2.24) is 4.90 Å². The minimum atomic E-state index is -0.326. The zero-order valence-corrected chi connectivity index (χ0v) is 13.5. The van der Waals surface area contributed by atoms with Crippen LogP contribution in [0.15, 0.2) is 0 Å². The number of likely N-dealkylation sites (N-methyl/N-ethyl adjacent to an activating group) is 1. The van der Waals surface area contributed by atoms with Gasteiger partial charge in [-0.25, -0.2) is 0 Å². The monoisotopic (exact) mass is 283 g/mol. The maximum absolute atomic E-state index is 12.6. The zero-order valence-electron chi connectivity index (χ0n) is 13.5. The van der Waals surface area contributed by atoms with Crippen LogP contribution in [0, 0.1) is 23.7 Å². The standard InChI is InChI=1S/C16H29NO3/c1-6-20-15(18)10-17(5)16(19)14-9-12(4)7-8-13(14)11(2)3/h11-14H,6-10H2,1-5H3. The Labute approximate surface area is 122 Å². The summed E-state index contributed by atoms with van der Waals surface area (Å²) in [6.07, 6.45) is 3.26. The van der Waals surface area contributed by atoms with Crippen LogP contribution < -0.4 is 0 Å². The Hall–Kier alpha value is -1.06. The van der Waals surface area contributed by atoms with Crippen LogP contribution in [0.2, 0.25) is 0 Å². The minimum absolute atomic E-state index is 0.0539. The van der Waals surface area contributed by atoms with Gasteiger partial charge in [-0.15, -0.1) is 0 Å². The van der Waals surface area contributed by atoms with Gasteiger partial charge in [0.25, 0.3) is 0 Å². The van der Waals surface area contributed by atoms with E-state index in [1.807, 2.05) is 0 Å². The molecule has 4 heteroatoms. The maximum atomic E-state index is 12.6. The molecule has 0 bridgehead atoms. The summed E-state index contributed by atoms with van der Waals surface area (Å²) in [5.74, 6) is 1.36. The van der Waals surface area contributed by atoms with E-state index < -0.39 is 0 Å². The molecule has 0 radical (unpaired) electrons. The van der Waals surface area contributed by atoms with Crippen LogP contribution in [-0.2, 0) is 14.3 Å². The van der Waals surface area contributed by atoms with Crippen molar-refractivity contribution in [3.05, 3.63) is 0 Å². The molecule has 0 aliphatic heterocycles. The Morgan fingerprint density at radius 2 is 1.95 bits per heavy atom. The first-order valence-electron chi connectivity index (χ1n) is 7.77. The van der Waals surface area contributed by atoms with Gasteiger partial charge in [0, 0.05) is 13.0 Å². The molecule has 4 nitrogen and oxygen atoms in total. The lowest BCUT2D eigenvalue weighted by molar-refractivity contribution is -0.150. The van der Waals surface area contributed by atoms with Crippen molar-refractivity contribution in [2.75, 3.05) is 20.2 Å². The van der Waals surface area contributed by atoms with E-state index in [1.165, 1.54) is 11.3 Å². The van der Waals surface area contributed by atoms with E-state index in [2.05, 4.69) is 20.8 Å². The van der Waals surface area contributed by atoms with E-state index in [9.17, 15) is 9.59 Å². The largest absolute Gasteiger partial charge is 0.465 e. The van der Waals surface area contributed by atoms with Gasteiger partial charge in [0.1, 0.15) is 6.54 Å². The molecule has 1 rings (SSSR count). The smallest absolute Gasteiger partial charge is 0.325 e. The average molecular weight is 283 g/mol. The molecule has 0 aromatic heterocycles. The van der Waals surface area contributed by atoms with Gasteiger partial charge in [0.15, 0.2) is 0 Å². The van der Waals surface area contributed by atoms with Gasteiger partial charge in [0.2, 0.25) is 5.91 Å². The third-order valence-electron chi connectivity index (χ3n) is 4.39. The number of ether oxygens (including phenoxy) is 1. The second-order valence-corrected chi connectivity index (χ2v) is 6.43. The van der Waals surface area contributed by atoms with E-state index in [0.29, 0.717) is 24.4 Å². The molecule has 3 unspecified atom stereocenters. The first-order chi connectivity index (χ1) is 9.36. The van der Waals surface area contributed by atoms with Crippen LogP contribution in [0.4, 0.5) is 0 Å². The molecule has 116 valence electrons. The van der Waals surface area contributed by atoms with Crippen molar-refractivity contribution in [2.45, 2.75) is 47.0 Å². The van der Waals surface area contributed by atoms with E-state index in [0.717, 1.165) is 12.8 Å². The van der Waals surface area contributed by atoms with Crippen molar-refractivity contribution in [2.24, 2.45) is 23.7 Å². The second kappa shape index (κ2) is 7.65. The molecular formula is C16H29NO3. The normalized spacial score (nSPS) is 26.4. The van der Waals surface area contributed by atoms with Crippen molar-refractivity contribution >= 4 is 11.9 Å². The number of nitrogens with zero attached hydrogens (tertiary/aromatic N) is 1. The number of rotatable bonds is 5. The summed E-state index contributed by atoms with van der Waals surface area (Å²) in [6, 6.07) is 0. The summed E-state index contributed by atoms with van der Waals surface area (Å²) in [4.78, 5) is 25.7. The van der Waals surface area contributed by atoms with Gasteiger partial charge in [-0.1, -0.05) is 27.2 Å². The van der Waals surface area contributed by atoms with Crippen LogP contribution >= 0.6 is 0 Å². The quantitative estimate of drug-likeness (QED) is 0.729. The van der Waals surface area contributed by atoms with Gasteiger partial charge in [-0.05, 0) is 37.5 Å². The molecule has 0 N–H and O–H groups in total. The highest BCUT2D eigenvalue weighted by Crippen LogP contribution is 2.38. The molecule has 1 aliphatic carbocycles. The number of carbonyl (C=O) groups is 2. The lowest BCUT2D eigenvalue weighted by Gasteiger charge is -2.38. The third-order valence-corrected chi connectivity index (χ3v) is 4.39. The summed E-state index contributed by atoms with van der Waals surface area (Å²) in [7, 11) is 1.70. The maximum Gasteiger partial charge on any atom is 0.325 e. The van der Waals surface area contributed by atoms with E-state index >= 15 is 0 Å². The van der Waals surface area contributed by atoms with Crippen molar-refractivity contribution in [3.8, 4) is 0 Å². The van der Waals surface area contributed by atoms with E-state index in [1.54, 1.807) is 14.0 Å². The lowest BCUT2D eigenvalue weighted by atomic mass is 9.69. The molecule has 0 spiro atoms. The molecule has 1 saturated carbocycles. The second-order valence-electron chi connectivity index (χ2n) is 6.43. The van der Waals surface area contributed by atoms with Gasteiger partial charge in [0.05, 0.1) is 6.61 Å². The number of amides is 1. The number of esters is 1. The molecule has 0 saturated heterocycles. The molecule has 1 aliphatic rings. The number of hydrogen-bond acceptors (Lipinski definition) is 3. The first kappa shape index (κ1) is 17.0. The van der Waals surface area contributed by atoms with Crippen molar-refractivity contribution in [1.29, 1.82) is 0 Å². The molecule has 0 heterocycles. The van der Waals surface area contributed by atoms with Crippen LogP contribution in [0.25, 0.3) is 0 Å². The Morgan fingerprint density at radius 1 is 1.30 bits per heavy atom. The molecule has 0 aromatic carbocycles. The van der Waals surface area contributed by atoms with Crippen LogP contribution in [-0.4, -0.2) is 37.0 Å². The fourth-order valence-corrected chi connectivity index (χ4v) is 3.25. The Bertz CT molecular complexity index is 341. The summed E-state index contributed by atoms with van der Waals surface area (Å²) in [5, 5.41) is 0. The third kappa shape index (κ3) is 4.50. The van der Waals surface area contributed by atoms with Crippen LogP contribution in [0.5, 0.6) is 0 Å². The highest BCUT2D eigenvalue weighted by Gasteiger charge is 2.37. The Balaban J connectivity index is 2.68. The van der Waals surface area contributed by atoms with Gasteiger partial charge < -0.3 is 9.64 Å². The molecular weight excluding hydrogens is 254 g/mol.